The highest BCUT2D eigenvalue weighted by molar-refractivity contribution is 5.59. The SMILES string of the molecule is CNc1nc(-c2ccc(OC)nc2)nc2c1CCCCC2. The van der Waals surface area contributed by atoms with Gasteiger partial charge in [-0.05, 0) is 31.7 Å². The van der Waals surface area contributed by atoms with Crippen molar-refractivity contribution >= 4 is 5.82 Å². The van der Waals surface area contributed by atoms with E-state index < -0.39 is 0 Å². The lowest BCUT2D eigenvalue weighted by Crippen LogP contribution is -2.07. The summed E-state index contributed by atoms with van der Waals surface area (Å²) in [4.78, 5) is 13.7. The van der Waals surface area contributed by atoms with E-state index in [1.165, 1.54) is 30.5 Å². The fraction of sp³-hybridized carbons (Fsp3) is 0.438. The number of aryl methyl sites for hydroxylation is 1. The van der Waals surface area contributed by atoms with Crippen molar-refractivity contribution in [2.45, 2.75) is 32.1 Å². The molecule has 0 fully saturated rings. The molecule has 1 N–H and O–H groups in total. The van der Waals surface area contributed by atoms with Crippen molar-refractivity contribution in [2.24, 2.45) is 0 Å². The second-order valence-corrected chi connectivity index (χ2v) is 5.22. The van der Waals surface area contributed by atoms with Crippen LogP contribution in [0.4, 0.5) is 5.82 Å². The summed E-state index contributed by atoms with van der Waals surface area (Å²) in [5.41, 5.74) is 3.37. The van der Waals surface area contributed by atoms with Gasteiger partial charge in [0.1, 0.15) is 5.82 Å². The molecular formula is C16H20N4O. The number of pyridine rings is 1. The molecule has 0 unspecified atom stereocenters. The van der Waals surface area contributed by atoms with Crippen LogP contribution in [0.1, 0.15) is 30.5 Å². The minimum absolute atomic E-state index is 0.599. The normalized spacial score (nSPS) is 14.2. The summed E-state index contributed by atoms with van der Waals surface area (Å²) in [5, 5.41) is 3.22. The van der Waals surface area contributed by atoms with Crippen molar-refractivity contribution in [3.05, 3.63) is 29.6 Å². The molecule has 21 heavy (non-hydrogen) atoms. The molecular weight excluding hydrogens is 264 g/mol. The van der Waals surface area contributed by atoms with Gasteiger partial charge in [-0.2, -0.15) is 0 Å². The minimum Gasteiger partial charge on any atom is -0.481 e. The van der Waals surface area contributed by atoms with Crippen LogP contribution in [0.3, 0.4) is 0 Å². The van der Waals surface area contributed by atoms with Crippen LogP contribution >= 0.6 is 0 Å². The van der Waals surface area contributed by atoms with Gasteiger partial charge in [-0.25, -0.2) is 15.0 Å². The molecule has 0 bridgehead atoms. The zero-order chi connectivity index (χ0) is 14.7. The highest BCUT2D eigenvalue weighted by Crippen LogP contribution is 2.27. The molecule has 0 amide bonds. The number of hydrogen-bond donors (Lipinski definition) is 1. The van der Waals surface area contributed by atoms with Crippen molar-refractivity contribution < 1.29 is 4.74 Å². The molecule has 5 nitrogen and oxygen atoms in total. The van der Waals surface area contributed by atoms with E-state index in [1.54, 1.807) is 13.3 Å². The van der Waals surface area contributed by atoms with Gasteiger partial charge in [0.05, 0.1) is 7.11 Å². The highest BCUT2D eigenvalue weighted by atomic mass is 16.5. The number of fused-ring (bicyclic) bond motifs is 1. The first-order chi connectivity index (χ1) is 10.3. The molecule has 2 heterocycles. The number of rotatable bonds is 3. The molecule has 1 aliphatic rings. The number of aromatic nitrogens is 3. The lowest BCUT2D eigenvalue weighted by Gasteiger charge is -2.13. The molecule has 0 aromatic carbocycles. The zero-order valence-electron chi connectivity index (χ0n) is 12.5. The summed E-state index contributed by atoms with van der Waals surface area (Å²) < 4.78 is 5.09. The van der Waals surface area contributed by atoms with Crippen LogP contribution < -0.4 is 10.1 Å². The van der Waals surface area contributed by atoms with Crippen LogP contribution in [-0.2, 0) is 12.8 Å². The molecule has 110 valence electrons. The zero-order valence-corrected chi connectivity index (χ0v) is 12.5. The van der Waals surface area contributed by atoms with Crippen LogP contribution in [0.5, 0.6) is 5.88 Å². The lowest BCUT2D eigenvalue weighted by atomic mass is 10.1. The van der Waals surface area contributed by atoms with Crippen molar-refractivity contribution in [2.75, 3.05) is 19.5 Å². The van der Waals surface area contributed by atoms with E-state index in [-0.39, 0.29) is 0 Å². The summed E-state index contributed by atoms with van der Waals surface area (Å²) >= 11 is 0. The Morgan fingerprint density at radius 2 is 1.95 bits per heavy atom. The number of nitrogens with one attached hydrogen (secondary N) is 1. The summed E-state index contributed by atoms with van der Waals surface area (Å²) in [6.45, 7) is 0. The first kappa shape index (κ1) is 13.8. The van der Waals surface area contributed by atoms with E-state index in [2.05, 4.69) is 15.3 Å². The van der Waals surface area contributed by atoms with Crippen LogP contribution in [-0.4, -0.2) is 29.1 Å². The molecule has 2 aromatic rings. The molecule has 0 saturated heterocycles. The summed E-state index contributed by atoms with van der Waals surface area (Å²) in [5.74, 6) is 2.28. The van der Waals surface area contributed by atoms with Crippen LogP contribution in [0.15, 0.2) is 18.3 Å². The van der Waals surface area contributed by atoms with Crippen LogP contribution in [0.25, 0.3) is 11.4 Å². The fourth-order valence-electron chi connectivity index (χ4n) is 2.74. The van der Waals surface area contributed by atoms with Crippen molar-refractivity contribution in [1.29, 1.82) is 0 Å². The van der Waals surface area contributed by atoms with E-state index in [0.717, 1.165) is 30.0 Å². The third kappa shape index (κ3) is 2.82. The topological polar surface area (TPSA) is 59.9 Å². The van der Waals surface area contributed by atoms with Crippen LogP contribution in [0, 0.1) is 0 Å². The predicted molar refractivity (Wildman–Crippen MR) is 82.6 cm³/mol. The Kier molecular flexibility index (Phi) is 3.99. The summed E-state index contributed by atoms with van der Waals surface area (Å²) in [6, 6.07) is 3.78. The standard InChI is InChI=1S/C16H20N4O/c1-17-16-12-6-4-3-5-7-13(12)19-15(20-16)11-8-9-14(21-2)18-10-11/h8-10H,3-7H2,1-2H3,(H,17,19,20). The molecule has 0 saturated carbocycles. The monoisotopic (exact) mass is 284 g/mol. The van der Waals surface area contributed by atoms with Gasteiger partial charge in [0, 0.05) is 36.1 Å². The van der Waals surface area contributed by atoms with Gasteiger partial charge in [-0.3, -0.25) is 0 Å². The number of ether oxygens (including phenoxy) is 1. The van der Waals surface area contributed by atoms with Gasteiger partial charge in [-0.15, -0.1) is 0 Å². The Morgan fingerprint density at radius 1 is 1.10 bits per heavy atom. The Labute approximate surface area is 124 Å². The maximum absolute atomic E-state index is 5.09. The molecule has 3 rings (SSSR count). The van der Waals surface area contributed by atoms with Crippen molar-refractivity contribution in [3.63, 3.8) is 0 Å². The van der Waals surface area contributed by atoms with Gasteiger partial charge < -0.3 is 10.1 Å². The summed E-state index contributed by atoms with van der Waals surface area (Å²) in [7, 11) is 3.53. The smallest absolute Gasteiger partial charge is 0.212 e. The first-order valence-corrected chi connectivity index (χ1v) is 7.40. The van der Waals surface area contributed by atoms with E-state index in [9.17, 15) is 0 Å². The van der Waals surface area contributed by atoms with E-state index in [4.69, 9.17) is 9.72 Å². The number of hydrogen-bond acceptors (Lipinski definition) is 5. The van der Waals surface area contributed by atoms with Gasteiger partial charge in [0.25, 0.3) is 0 Å². The third-order valence-corrected chi connectivity index (χ3v) is 3.87. The van der Waals surface area contributed by atoms with Gasteiger partial charge >= 0.3 is 0 Å². The van der Waals surface area contributed by atoms with Crippen molar-refractivity contribution in [3.8, 4) is 17.3 Å². The molecule has 5 heteroatoms. The van der Waals surface area contributed by atoms with E-state index in [1.807, 2.05) is 19.2 Å². The minimum atomic E-state index is 0.599. The molecule has 0 radical (unpaired) electrons. The predicted octanol–water partition coefficient (Wildman–Crippen LogP) is 2.86. The Hall–Kier alpha value is -2.17. The molecule has 1 aliphatic carbocycles. The number of anilines is 1. The largest absolute Gasteiger partial charge is 0.481 e. The Bertz CT molecular complexity index is 625. The van der Waals surface area contributed by atoms with Crippen molar-refractivity contribution in [1.82, 2.24) is 15.0 Å². The Morgan fingerprint density at radius 3 is 2.67 bits per heavy atom. The van der Waals surface area contributed by atoms with Crippen LogP contribution in [0.2, 0.25) is 0 Å². The molecule has 0 aliphatic heterocycles. The average molecular weight is 284 g/mol. The maximum atomic E-state index is 5.09. The third-order valence-electron chi connectivity index (χ3n) is 3.87. The second-order valence-electron chi connectivity index (χ2n) is 5.22. The van der Waals surface area contributed by atoms with Gasteiger partial charge in [0.2, 0.25) is 5.88 Å². The number of nitrogens with zero attached hydrogens (tertiary/aromatic N) is 3. The number of methoxy groups -OCH3 is 1. The highest BCUT2D eigenvalue weighted by Gasteiger charge is 2.17. The average Bonchev–Trinajstić information content (AvgIpc) is 2.79. The van der Waals surface area contributed by atoms with E-state index in [0.29, 0.717) is 5.88 Å². The maximum Gasteiger partial charge on any atom is 0.212 e. The fourth-order valence-corrected chi connectivity index (χ4v) is 2.74. The molecule has 2 aromatic heterocycles. The second kappa shape index (κ2) is 6.08. The quantitative estimate of drug-likeness (QED) is 0.878. The van der Waals surface area contributed by atoms with Gasteiger partial charge in [-0.1, -0.05) is 6.42 Å². The Balaban J connectivity index is 2.04. The van der Waals surface area contributed by atoms with E-state index >= 15 is 0 Å². The summed E-state index contributed by atoms with van der Waals surface area (Å²) in [6.07, 6.45) is 7.54. The lowest BCUT2D eigenvalue weighted by molar-refractivity contribution is 0.398. The van der Waals surface area contributed by atoms with Gasteiger partial charge in [0.15, 0.2) is 5.82 Å². The molecule has 0 spiro atoms. The first-order valence-electron chi connectivity index (χ1n) is 7.40. The molecule has 0 atom stereocenters.